The lowest BCUT2D eigenvalue weighted by molar-refractivity contribution is -0.121. The minimum absolute atomic E-state index is 0.0613. The van der Waals surface area contributed by atoms with E-state index in [1.54, 1.807) is 11.0 Å². The molecule has 0 spiro atoms. The van der Waals surface area contributed by atoms with Crippen LogP contribution in [0, 0.1) is 0 Å². The highest BCUT2D eigenvalue weighted by Gasteiger charge is 2.30. The second-order valence-corrected chi connectivity index (χ2v) is 5.76. The summed E-state index contributed by atoms with van der Waals surface area (Å²) >= 11 is 6.51. The Bertz CT molecular complexity index is 564. The Kier molecular flexibility index (Phi) is 4.98. The summed E-state index contributed by atoms with van der Waals surface area (Å²) in [5, 5.41) is 0. The fourth-order valence-electron chi connectivity index (χ4n) is 1.76. The van der Waals surface area contributed by atoms with Gasteiger partial charge in [-0.2, -0.15) is 0 Å². The van der Waals surface area contributed by atoms with Gasteiger partial charge in [0.25, 0.3) is 5.91 Å². The van der Waals surface area contributed by atoms with Gasteiger partial charge in [-0.3, -0.25) is 9.69 Å². The van der Waals surface area contributed by atoms with Crippen molar-refractivity contribution in [3.05, 3.63) is 47.4 Å². The van der Waals surface area contributed by atoms with Crippen LogP contribution in [-0.4, -0.2) is 28.3 Å². The Morgan fingerprint density at radius 3 is 2.70 bits per heavy atom. The number of benzene rings is 1. The number of thiocarbonyl (C=S) groups is 1. The molecule has 2 rings (SSSR count). The highest BCUT2D eigenvalue weighted by Crippen LogP contribution is 2.32. The molecule has 0 unspecified atom stereocenters. The SMILES string of the molecule is C=CCN1C(=O)C(=Cc2ccc(OCC)cc2)SC1=S. The Labute approximate surface area is 128 Å². The largest absolute Gasteiger partial charge is 0.494 e. The van der Waals surface area contributed by atoms with Crippen molar-refractivity contribution < 1.29 is 9.53 Å². The van der Waals surface area contributed by atoms with Gasteiger partial charge in [0, 0.05) is 6.54 Å². The molecule has 0 N–H and O–H groups in total. The van der Waals surface area contributed by atoms with E-state index in [2.05, 4.69) is 6.58 Å². The molecule has 1 aliphatic rings. The van der Waals surface area contributed by atoms with E-state index >= 15 is 0 Å². The highest BCUT2D eigenvalue weighted by atomic mass is 32.2. The van der Waals surface area contributed by atoms with Gasteiger partial charge in [0.15, 0.2) is 0 Å². The zero-order valence-electron chi connectivity index (χ0n) is 11.2. The van der Waals surface area contributed by atoms with Gasteiger partial charge in [0.2, 0.25) is 0 Å². The molecule has 1 aliphatic heterocycles. The summed E-state index contributed by atoms with van der Waals surface area (Å²) in [5.74, 6) is 0.762. The molecule has 0 bridgehead atoms. The van der Waals surface area contributed by atoms with Gasteiger partial charge >= 0.3 is 0 Å². The summed E-state index contributed by atoms with van der Waals surface area (Å²) in [6.07, 6.45) is 3.52. The van der Waals surface area contributed by atoms with Crippen LogP contribution in [0.25, 0.3) is 6.08 Å². The van der Waals surface area contributed by atoms with Crippen molar-refractivity contribution >= 4 is 40.3 Å². The van der Waals surface area contributed by atoms with E-state index in [-0.39, 0.29) is 5.91 Å². The molecule has 0 aliphatic carbocycles. The zero-order valence-corrected chi connectivity index (χ0v) is 12.8. The van der Waals surface area contributed by atoms with E-state index in [1.165, 1.54) is 11.8 Å². The third kappa shape index (κ3) is 3.29. The van der Waals surface area contributed by atoms with E-state index in [4.69, 9.17) is 17.0 Å². The highest BCUT2D eigenvalue weighted by molar-refractivity contribution is 8.26. The van der Waals surface area contributed by atoms with E-state index in [9.17, 15) is 4.79 Å². The molecular weight excluding hydrogens is 290 g/mol. The lowest BCUT2D eigenvalue weighted by Crippen LogP contribution is -2.27. The predicted molar refractivity (Wildman–Crippen MR) is 87.7 cm³/mol. The number of carbonyl (C=O) groups is 1. The topological polar surface area (TPSA) is 29.5 Å². The van der Waals surface area contributed by atoms with Crippen LogP contribution in [0.5, 0.6) is 5.75 Å². The summed E-state index contributed by atoms with van der Waals surface area (Å²) in [7, 11) is 0. The molecule has 104 valence electrons. The number of carbonyl (C=O) groups excluding carboxylic acids is 1. The molecule has 3 nitrogen and oxygen atoms in total. The second kappa shape index (κ2) is 6.72. The molecule has 0 aromatic heterocycles. The molecule has 1 aromatic carbocycles. The minimum Gasteiger partial charge on any atom is -0.494 e. The van der Waals surface area contributed by atoms with Crippen LogP contribution in [-0.2, 0) is 4.79 Å². The molecule has 1 aromatic rings. The predicted octanol–water partition coefficient (Wildman–Crippen LogP) is 3.47. The van der Waals surface area contributed by atoms with E-state index in [0.29, 0.717) is 22.4 Å². The van der Waals surface area contributed by atoms with Gasteiger partial charge in [-0.05, 0) is 30.7 Å². The first kappa shape index (κ1) is 14.8. The first-order valence-corrected chi connectivity index (χ1v) is 7.47. The van der Waals surface area contributed by atoms with Gasteiger partial charge < -0.3 is 4.74 Å². The van der Waals surface area contributed by atoms with Crippen molar-refractivity contribution in [3.63, 3.8) is 0 Å². The van der Waals surface area contributed by atoms with Gasteiger partial charge in [-0.1, -0.05) is 42.2 Å². The lowest BCUT2D eigenvalue weighted by Gasteiger charge is -2.10. The molecule has 0 atom stereocenters. The van der Waals surface area contributed by atoms with Crippen molar-refractivity contribution in [2.75, 3.05) is 13.2 Å². The van der Waals surface area contributed by atoms with Crippen LogP contribution in [0.2, 0.25) is 0 Å². The number of rotatable bonds is 5. The zero-order chi connectivity index (χ0) is 14.5. The Morgan fingerprint density at radius 1 is 1.40 bits per heavy atom. The average molecular weight is 305 g/mol. The van der Waals surface area contributed by atoms with Crippen LogP contribution in [0.3, 0.4) is 0 Å². The maximum atomic E-state index is 12.2. The maximum Gasteiger partial charge on any atom is 0.266 e. The number of amides is 1. The standard InChI is InChI=1S/C15H15NO2S2/c1-3-9-16-14(17)13(20-15(16)19)10-11-5-7-12(8-6-11)18-4-2/h3,5-8,10H,1,4,9H2,2H3. The van der Waals surface area contributed by atoms with Gasteiger partial charge in [0.1, 0.15) is 10.1 Å². The Balaban J connectivity index is 2.17. The quantitative estimate of drug-likeness (QED) is 0.473. The van der Waals surface area contributed by atoms with Gasteiger partial charge in [-0.25, -0.2) is 0 Å². The normalized spacial score (nSPS) is 16.9. The molecule has 5 heteroatoms. The van der Waals surface area contributed by atoms with Crippen molar-refractivity contribution in [2.45, 2.75) is 6.92 Å². The maximum absolute atomic E-state index is 12.2. The number of hydrogen-bond donors (Lipinski definition) is 0. The van der Waals surface area contributed by atoms with Crippen LogP contribution >= 0.6 is 24.0 Å². The number of hydrogen-bond acceptors (Lipinski definition) is 4. The van der Waals surface area contributed by atoms with Crippen molar-refractivity contribution in [2.24, 2.45) is 0 Å². The van der Waals surface area contributed by atoms with E-state index in [1.807, 2.05) is 37.3 Å². The van der Waals surface area contributed by atoms with Crippen LogP contribution in [0.4, 0.5) is 0 Å². The fraction of sp³-hybridized carbons (Fsp3) is 0.200. The van der Waals surface area contributed by atoms with Crippen LogP contribution < -0.4 is 4.74 Å². The third-order valence-electron chi connectivity index (χ3n) is 2.67. The minimum atomic E-state index is -0.0613. The summed E-state index contributed by atoms with van der Waals surface area (Å²) in [4.78, 5) is 14.3. The molecule has 1 heterocycles. The number of nitrogens with zero attached hydrogens (tertiary/aromatic N) is 1. The molecule has 1 amide bonds. The first-order valence-electron chi connectivity index (χ1n) is 6.25. The average Bonchev–Trinajstić information content (AvgIpc) is 2.69. The Morgan fingerprint density at radius 2 is 2.10 bits per heavy atom. The van der Waals surface area contributed by atoms with Gasteiger partial charge in [-0.15, -0.1) is 6.58 Å². The molecule has 0 saturated carbocycles. The van der Waals surface area contributed by atoms with Gasteiger partial charge in [0.05, 0.1) is 11.5 Å². The van der Waals surface area contributed by atoms with E-state index < -0.39 is 0 Å². The molecule has 1 saturated heterocycles. The summed E-state index contributed by atoms with van der Waals surface area (Å²) in [6, 6.07) is 7.62. The van der Waals surface area contributed by atoms with Crippen molar-refractivity contribution in [1.82, 2.24) is 4.90 Å². The third-order valence-corrected chi connectivity index (χ3v) is 4.05. The number of ether oxygens (including phenoxy) is 1. The van der Waals surface area contributed by atoms with Crippen molar-refractivity contribution in [1.29, 1.82) is 0 Å². The summed E-state index contributed by atoms with van der Waals surface area (Å²) < 4.78 is 5.96. The smallest absolute Gasteiger partial charge is 0.266 e. The first-order chi connectivity index (χ1) is 9.65. The summed E-state index contributed by atoms with van der Waals surface area (Å²) in [6.45, 7) is 6.66. The van der Waals surface area contributed by atoms with E-state index in [0.717, 1.165) is 11.3 Å². The molecule has 1 fully saturated rings. The fourth-order valence-corrected chi connectivity index (χ4v) is 3.04. The van der Waals surface area contributed by atoms with Crippen molar-refractivity contribution in [3.8, 4) is 5.75 Å². The van der Waals surface area contributed by atoms with Crippen LogP contribution in [0.1, 0.15) is 12.5 Å². The summed E-state index contributed by atoms with van der Waals surface area (Å²) in [5.41, 5.74) is 0.951. The Hall–Kier alpha value is -1.59. The second-order valence-electron chi connectivity index (χ2n) is 4.08. The monoisotopic (exact) mass is 305 g/mol. The van der Waals surface area contributed by atoms with Crippen LogP contribution in [0.15, 0.2) is 41.8 Å². The molecule has 0 radical (unpaired) electrons. The molecule has 20 heavy (non-hydrogen) atoms. The molecular formula is C15H15NO2S2. The lowest BCUT2D eigenvalue weighted by atomic mass is 10.2. The number of thioether (sulfide) groups is 1.